The second-order valence-corrected chi connectivity index (χ2v) is 4.52. The Morgan fingerprint density at radius 2 is 2.26 bits per heavy atom. The third-order valence-electron chi connectivity index (χ3n) is 2.73. The summed E-state index contributed by atoms with van der Waals surface area (Å²) in [7, 11) is 1.90. The Balaban J connectivity index is 1.71. The van der Waals surface area contributed by atoms with Gasteiger partial charge in [0, 0.05) is 25.7 Å². The van der Waals surface area contributed by atoms with E-state index in [1.165, 1.54) is 5.56 Å². The van der Waals surface area contributed by atoms with Crippen LogP contribution >= 0.6 is 0 Å². The van der Waals surface area contributed by atoms with Crippen molar-refractivity contribution in [2.75, 3.05) is 13.7 Å². The number of hydrogen-bond acceptors (Lipinski definition) is 4. The minimum Gasteiger partial charge on any atom is -0.494 e. The Labute approximate surface area is 113 Å². The largest absolute Gasteiger partial charge is 0.494 e. The zero-order valence-electron chi connectivity index (χ0n) is 11.5. The molecule has 1 N–H and O–H groups in total. The molecule has 0 radical (unpaired) electrons. The molecule has 0 unspecified atom stereocenters. The first kappa shape index (κ1) is 13.5. The van der Waals surface area contributed by atoms with Crippen molar-refractivity contribution in [2.45, 2.75) is 26.4 Å². The average molecular weight is 260 g/mol. The highest BCUT2D eigenvalue weighted by atomic mass is 16.5. The van der Waals surface area contributed by atoms with Crippen molar-refractivity contribution in [3.05, 3.63) is 41.7 Å². The lowest BCUT2D eigenvalue weighted by Crippen LogP contribution is -2.06. The minimum atomic E-state index is 0.685. The van der Waals surface area contributed by atoms with Crippen LogP contribution in [0.4, 0.5) is 0 Å². The number of hydrogen-bond donors (Lipinski definition) is 1. The van der Waals surface area contributed by atoms with E-state index in [0.717, 1.165) is 31.0 Å². The van der Waals surface area contributed by atoms with Gasteiger partial charge in [0.15, 0.2) is 0 Å². The molecule has 0 aliphatic heterocycles. The van der Waals surface area contributed by atoms with E-state index >= 15 is 0 Å². The van der Waals surface area contributed by atoms with Crippen LogP contribution in [-0.2, 0) is 13.1 Å². The Kier molecular flexibility index (Phi) is 4.92. The molecule has 0 spiro atoms. The van der Waals surface area contributed by atoms with Crippen LogP contribution in [0.15, 0.2) is 30.5 Å². The normalized spacial score (nSPS) is 10.6. The summed E-state index contributed by atoms with van der Waals surface area (Å²) in [5.41, 5.74) is 2.17. The number of ether oxygens (including phenoxy) is 1. The van der Waals surface area contributed by atoms with E-state index in [2.05, 4.69) is 28.6 Å². The van der Waals surface area contributed by atoms with Gasteiger partial charge in [0.25, 0.3) is 0 Å². The first-order chi connectivity index (χ1) is 9.28. The molecule has 2 rings (SSSR count). The second kappa shape index (κ2) is 6.89. The summed E-state index contributed by atoms with van der Waals surface area (Å²) in [6.07, 6.45) is 2.87. The van der Waals surface area contributed by atoms with Gasteiger partial charge in [-0.15, -0.1) is 5.10 Å². The summed E-state index contributed by atoms with van der Waals surface area (Å²) in [6.45, 7) is 4.32. The number of aryl methyl sites for hydroxylation is 2. The molecule has 0 aliphatic carbocycles. The molecule has 1 aromatic heterocycles. The maximum Gasteiger partial charge on any atom is 0.119 e. The van der Waals surface area contributed by atoms with Crippen molar-refractivity contribution in [1.29, 1.82) is 0 Å². The van der Waals surface area contributed by atoms with E-state index in [1.54, 1.807) is 0 Å². The van der Waals surface area contributed by atoms with Crippen LogP contribution in [0.5, 0.6) is 5.75 Å². The van der Waals surface area contributed by atoms with E-state index in [9.17, 15) is 0 Å². The molecule has 102 valence electrons. The molecule has 0 saturated heterocycles. The van der Waals surface area contributed by atoms with Gasteiger partial charge < -0.3 is 10.1 Å². The van der Waals surface area contributed by atoms with Crippen LogP contribution in [-0.4, -0.2) is 28.6 Å². The van der Waals surface area contributed by atoms with Gasteiger partial charge in [0.05, 0.1) is 12.3 Å². The van der Waals surface area contributed by atoms with E-state index in [1.807, 2.05) is 36.1 Å². The van der Waals surface area contributed by atoms with Crippen molar-refractivity contribution >= 4 is 0 Å². The summed E-state index contributed by atoms with van der Waals surface area (Å²) < 4.78 is 7.54. The molecule has 2 aromatic rings. The summed E-state index contributed by atoms with van der Waals surface area (Å²) in [4.78, 5) is 0. The lowest BCUT2D eigenvalue weighted by molar-refractivity contribution is 0.298. The monoisotopic (exact) mass is 260 g/mol. The quantitative estimate of drug-likeness (QED) is 0.771. The third kappa shape index (κ3) is 4.37. The number of benzene rings is 1. The molecule has 1 aromatic carbocycles. The molecule has 0 amide bonds. The summed E-state index contributed by atoms with van der Waals surface area (Å²) in [5, 5.41) is 11.2. The molecule has 0 aliphatic rings. The Hall–Kier alpha value is -1.88. The van der Waals surface area contributed by atoms with Crippen molar-refractivity contribution in [2.24, 2.45) is 0 Å². The summed E-state index contributed by atoms with van der Waals surface area (Å²) >= 11 is 0. The molecule has 0 saturated carbocycles. The average Bonchev–Trinajstić information content (AvgIpc) is 2.83. The summed E-state index contributed by atoms with van der Waals surface area (Å²) in [5.74, 6) is 0.925. The molecule has 0 fully saturated rings. The molecule has 5 heteroatoms. The highest BCUT2D eigenvalue weighted by Crippen LogP contribution is 2.12. The van der Waals surface area contributed by atoms with Gasteiger partial charge in [-0.1, -0.05) is 17.3 Å². The van der Waals surface area contributed by atoms with E-state index in [0.29, 0.717) is 6.61 Å². The van der Waals surface area contributed by atoms with Gasteiger partial charge in [0.1, 0.15) is 5.75 Å². The summed E-state index contributed by atoms with van der Waals surface area (Å²) in [6, 6.07) is 8.09. The smallest absolute Gasteiger partial charge is 0.119 e. The fraction of sp³-hybridized carbons (Fsp3) is 0.429. The molecule has 5 nitrogen and oxygen atoms in total. The highest BCUT2D eigenvalue weighted by Gasteiger charge is 1.99. The Morgan fingerprint density at radius 1 is 1.37 bits per heavy atom. The number of aromatic nitrogens is 3. The minimum absolute atomic E-state index is 0.685. The lowest BCUT2D eigenvalue weighted by atomic mass is 10.2. The van der Waals surface area contributed by atoms with Crippen LogP contribution in [0.3, 0.4) is 0 Å². The van der Waals surface area contributed by atoms with Crippen LogP contribution in [0.1, 0.15) is 17.7 Å². The second-order valence-electron chi connectivity index (χ2n) is 4.52. The van der Waals surface area contributed by atoms with E-state index < -0.39 is 0 Å². The molecular weight excluding hydrogens is 240 g/mol. The highest BCUT2D eigenvalue weighted by molar-refractivity contribution is 5.27. The SMILES string of the molecule is CNCc1cn(CCCOc2cccc(C)c2)nn1. The predicted octanol–water partition coefficient (Wildman–Crippen LogP) is 1.78. The molecule has 19 heavy (non-hydrogen) atoms. The number of nitrogens with one attached hydrogen (secondary N) is 1. The van der Waals surface area contributed by atoms with Gasteiger partial charge in [-0.25, -0.2) is 0 Å². The fourth-order valence-electron chi connectivity index (χ4n) is 1.83. The van der Waals surface area contributed by atoms with E-state index in [4.69, 9.17) is 4.74 Å². The molecule has 1 heterocycles. The Morgan fingerprint density at radius 3 is 3.05 bits per heavy atom. The predicted molar refractivity (Wildman–Crippen MR) is 74.1 cm³/mol. The Bertz CT molecular complexity index is 510. The topological polar surface area (TPSA) is 52.0 Å². The van der Waals surface area contributed by atoms with Gasteiger partial charge in [0.2, 0.25) is 0 Å². The van der Waals surface area contributed by atoms with Gasteiger partial charge >= 0.3 is 0 Å². The van der Waals surface area contributed by atoms with Crippen molar-refractivity contribution in [3.63, 3.8) is 0 Å². The molecular formula is C14H20N4O. The van der Waals surface area contributed by atoms with Crippen LogP contribution in [0.2, 0.25) is 0 Å². The van der Waals surface area contributed by atoms with Crippen molar-refractivity contribution in [1.82, 2.24) is 20.3 Å². The van der Waals surface area contributed by atoms with Crippen LogP contribution < -0.4 is 10.1 Å². The van der Waals surface area contributed by atoms with Crippen LogP contribution in [0, 0.1) is 6.92 Å². The number of nitrogens with zero attached hydrogens (tertiary/aromatic N) is 3. The standard InChI is InChI=1S/C14H20N4O/c1-12-5-3-6-14(9-12)19-8-4-7-18-11-13(10-15-2)16-17-18/h3,5-6,9,11,15H,4,7-8,10H2,1-2H3. The van der Waals surface area contributed by atoms with Gasteiger partial charge in [-0.05, 0) is 31.7 Å². The first-order valence-electron chi connectivity index (χ1n) is 6.51. The van der Waals surface area contributed by atoms with Crippen LogP contribution in [0.25, 0.3) is 0 Å². The van der Waals surface area contributed by atoms with Crippen molar-refractivity contribution in [3.8, 4) is 5.75 Å². The van der Waals surface area contributed by atoms with E-state index in [-0.39, 0.29) is 0 Å². The maximum atomic E-state index is 5.69. The number of rotatable bonds is 7. The third-order valence-corrected chi connectivity index (χ3v) is 2.73. The first-order valence-corrected chi connectivity index (χ1v) is 6.51. The zero-order valence-corrected chi connectivity index (χ0v) is 11.5. The van der Waals surface area contributed by atoms with Gasteiger partial charge in [-0.3, -0.25) is 4.68 Å². The fourth-order valence-corrected chi connectivity index (χ4v) is 1.83. The van der Waals surface area contributed by atoms with Gasteiger partial charge in [-0.2, -0.15) is 0 Å². The molecule has 0 bridgehead atoms. The lowest BCUT2D eigenvalue weighted by Gasteiger charge is -2.06. The maximum absolute atomic E-state index is 5.69. The molecule has 0 atom stereocenters. The van der Waals surface area contributed by atoms with Crippen molar-refractivity contribution < 1.29 is 4.74 Å². The zero-order chi connectivity index (χ0) is 13.5.